The molecule has 19 heavy (non-hydrogen) atoms. The summed E-state index contributed by atoms with van der Waals surface area (Å²) < 4.78 is 45.4. The van der Waals surface area contributed by atoms with Crippen molar-refractivity contribution in [1.82, 2.24) is 0 Å². The van der Waals surface area contributed by atoms with E-state index >= 15 is 0 Å². The number of ether oxygens (including phenoxy) is 2. The predicted octanol–water partition coefficient (Wildman–Crippen LogP) is 2.97. The third-order valence-corrected chi connectivity index (χ3v) is 2.62. The number of alkyl halides is 3. The summed E-state index contributed by atoms with van der Waals surface area (Å²) in [5.41, 5.74) is 7.74. The molecule has 0 spiro atoms. The van der Waals surface area contributed by atoms with Crippen LogP contribution in [-0.2, 0) is 4.74 Å². The molecule has 0 aliphatic carbocycles. The molecular weight excluding hydrogens is 259 g/mol. The Morgan fingerprint density at radius 2 is 2.00 bits per heavy atom. The molecule has 0 aliphatic rings. The minimum absolute atomic E-state index is 0.0439. The predicted molar refractivity (Wildman–Crippen MR) is 66.2 cm³/mol. The SMILES string of the molecule is COc1ccc(C)cc1C(N)CCOCC(F)(F)F. The van der Waals surface area contributed by atoms with Crippen LogP contribution in [0.3, 0.4) is 0 Å². The van der Waals surface area contributed by atoms with E-state index in [0.717, 1.165) is 11.1 Å². The first-order valence-electron chi connectivity index (χ1n) is 5.88. The highest BCUT2D eigenvalue weighted by Crippen LogP contribution is 2.27. The van der Waals surface area contributed by atoms with Crippen molar-refractivity contribution in [3.63, 3.8) is 0 Å². The van der Waals surface area contributed by atoms with Gasteiger partial charge in [-0.1, -0.05) is 17.7 Å². The number of benzene rings is 1. The second-order valence-electron chi connectivity index (χ2n) is 4.31. The Hall–Kier alpha value is -1.27. The molecule has 0 bridgehead atoms. The Morgan fingerprint density at radius 1 is 1.32 bits per heavy atom. The van der Waals surface area contributed by atoms with Gasteiger partial charge in [0.1, 0.15) is 12.4 Å². The lowest BCUT2D eigenvalue weighted by Gasteiger charge is -2.16. The molecule has 108 valence electrons. The van der Waals surface area contributed by atoms with E-state index in [1.54, 1.807) is 6.07 Å². The van der Waals surface area contributed by atoms with Gasteiger partial charge >= 0.3 is 6.18 Å². The topological polar surface area (TPSA) is 44.5 Å². The van der Waals surface area contributed by atoms with Crippen LogP contribution in [0.4, 0.5) is 13.2 Å². The van der Waals surface area contributed by atoms with Gasteiger partial charge in [0.25, 0.3) is 0 Å². The van der Waals surface area contributed by atoms with Gasteiger partial charge in [-0.05, 0) is 19.4 Å². The monoisotopic (exact) mass is 277 g/mol. The van der Waals surface area contributed by atoms with E-state index in [1.165, 1.54) is 7.11 Å². The van der Waals surface area contributed by atoms with Crippen LogP contribution < -0.4 is 10.5 Å². The van der Waals surface area contributed by atoms with Crippen LogP contribution in [0.2, 0.25) is 0 Å². The third-order valence-electron chi connectivity index (χ3n) is 2.62. The highest BCUT2D eigenvalue weighted by molar-refractivity contribution is 5.38. The van der Waals surface area contributed by atoms with E-state index in [0.29, 0.717) is 12.2 Å². The number of nitrogens with two attached hydrogens (primary N) is 1. The maximum Gasteiger partial charge on any atom is 0.411 e. The van der Waals surface area contributed by atoms with Gasteiger partial charge in [0, 0.05) is 18.2 Å². The zero-order valence-electron chi connectivity index (χ0n) is 11.0. The molecule has 1 aromatic rings. The molecule has 1 unspecified atom stereocenters. The average molecular weight is 277 g/mol. The lowest BCUT2D eigenvalue weighted by atomic mass is 10.0. The van der Waals surface area contributed by atoms with Gasteiger partial charge in [-0.25, -0.2) is 0 Å². The number of rotatable bonds is 6. The van der Waals surface area contributed by atoms with Crippen molar-refractivity contribution in [1.29, 1.82) is 0 Å². The third kappa shape index (κ3) is 5.48. The van der Waals surface area contributed by atoms with E-state index < -0.39 is 18.8 Å². The van der Waals surface area contributed by atoms with Gasteiger partial charge < -0.3 is 15.2 Å². The molecule has 1 aromatic carbocycles. The van der Waals surface area contributed by atoms with Crippen LogP contribution in [-0.4, -0.2) is 26.5 Å². The van der Waals surface area contributed by atoms with Crippen molar-refractivity contribution < 1.29 is 22.6 Å². The highest BCUT2D eigenvalue weighted by Gasteiger charge is 2.27. The first kappa shape index (κ1) is 15.8. The van der Waals surface area contributed by atoms with Gasteiger partial charge in [0.05, 0.1) is 7.11 Å². The van der Waals surface area contributed by atoms with Gasteiger partial charge in [-0.15, -0.1) is 0 Å². The molecule has 0 amide bonds. The summed E-state index contributed by atoms with van der Waals surface area (Å²) in [5.74, 6) is 0.633. The van der Waals surface area contributed by atoms with Crippen molar-refractivity contribution in [3.05, 3.63) is 29.3 Å². The first-order chi connectivity index (χ1) is 8.83. The maximum atomic E-state index is 11.9. The number of hydrogen-bond donors (Lipinski definition) is 1. The first-order valence-corrected chi connectivity index (χ1v) is 5.88. The lowest BCUT2D eigenvalue weighted by molar-refractivity contribution is -0.174. The van der Waals surface area contributed by atoms with Gasteiger partial charge in [0.15, 0.2) is 0 Å². The molecule has 1 rings (SSSR count). The summed E-state index contributed by atoms with van der Waals surface area (Å²) in [4.78, 5) is 0. The van der Waals surface area contributed by atoms with Crippen LogP contribution in [0, 0.1) is 6.92 Å². The summed E-state index contributed by atoms with van der Waals surface area (Å²) in [6.07, 6.45) is -4.00. The number of halogens is 3. The molecule has 0 aromatic heterocycles. The zero-order valence-corrected chi connectivity index (χ0v) is 11.0. The summed E-state index contributed by atoms with van der Waals surface area (Å²) in [7, 11) is 1.53. The van der Waals surface area contributed by atoms with E-state index in [1.807, 2.05) is 19.1 Å². The fraction of sp³-hybridized carbons (Fsp3) is 0.538. The highest BCUT2D eigenvalue weighted by atomic mass is 19.4. The molecule has 0 radical (unpaired) electrons. The molecule has 0 aliphatic heterocycles. The van der Waals surface area contributed by atoms with E-state index in [9.17, 15) is 13.2 Å². The van der Waals surface area contributed by atoms with Crippen LogP contribution in [0.25, 0.3) is 0 Å². The van der Waals surface area contributed by atoms with E-state index in [4.69, 9.17) is 10.5 Å². The number of methoxy groups -OCH3 is 1. The van der Waals surface area contributed by atoms with Crippen LogP contribution in [0.5, 0.6) is 5.75 Å². The summed E-state index contributed by atoms with van der Waals surface area (Å²) in [5, 5.41) is 0. The molecule has 6 heteroatoms. The Morgan fingerprint density at radius 3 is 2.58 bits per heavy atom. The molecule has 0 saturated heterocycles. The van der Waals surface area contributed by atoms with Gasteiger partial charge in [-0.3, -0.25) is 0 Å². The van der Waals surface area contributed by atoms with Crippen molar-refractivity contribution in [2.75, 3.05) is 20.3 Å². The second-order valence-corrected chi connectivity index (χ2v) is 4.31. The second kappa shape index (κ2) is 6.77. The summed E-state index contributed by atoms with van der Waals surface area (Å²) in [6, 6.07) is 5.13. The average Bonchev–Trinajstić information content (AvgIpc) is 2.33. The Balaban J connectivity index is 2.53. The molecule has 3 nitrogen and oxygen atoms in total. The lowest BCUT2D eigenvalue weighted by Crippen LogP contribution is -2.20. The Labute approximate surface area is 110 Å². The van der Waals surface area contributed by atoms with Gasteiger partial charge in [-0.2, -0.15) is 13.2 Å². The minimum Gasteiger partial charge on any atom is -0.496 e. The molecule has 0 fully saturated rings. The minimum atomic E-state index is -4.30. The maximum absolute atomic E-state index is 11.9. The number of aryl methyl sites for hydroxylation is 1. The zero-order chi connectivity index (χ0) is 14.5. The van der Waals surface area contributed by atoms with Crippen molar-refractivity contribution in [2.45, 2.75) is 25.6 Å². The largest absolute Gasteiger partial charge is 0.496 e. The summed E-state index contributed by atoms with van der Waals surface area (Å²) >= 11 is 0. The fourth-order valence-corrected chi connectivity index (χ4v) is 1.70. The fourth-order valence-electron chi connectivity index (χ4n) is 1.70. The van der Waals surface area contributed by atoms with Crippen LogP contribution in [0.15, 0.2) is 18.2 Å². The van der Waals surface area contributed by atoms with E-state index in [-0.39, 0.29) is 6.61 Å². The van der Waals surface area contributed by atoms with Crippen LogP contribution >= 0.6 is 0 Å². The normalized spacial score (nSPS) is 13.4. The smallest absolute Gasteiger partial charge is 0.411 e. The quantitative estimate of drug-likeness (QED) is 0.813. The van der Waals surface area contributed by atoms with Crippen molar-refractivity contribution in [2.24, 2.45) is 5.73 Å². The van der Waals surface area contributed by atoms with Crippen molar-refractivity contribution in [3.8, 4) is 5.75 Å². The molecule has 1 atom stereocenters. The molecule has 0 heterocycles. The number of hydrogen-bond acceptors (Lipinski definition) is 3. The summed E-state index contributed by atoms with van der Waals surface area (Å²) in [6.45, 7) is 0.623. The molecule has 0 saturated carbocycles. The standard InChI is InChI=1S/C13H18F3NO2/c1-9-3-4-12(18-2)10(7-9)11(17)5-6-19-8-13(14,15)16/h3-4,7,11H,5-6,8,17H2,1-2H3. The molecule has 2 N–H and O–H groups in total. The van der Waals surface area contributed by atoms with Crippen LogP contribution in [0.1, 0.15) is 23.6 Å². The van der Waals surface area contributed by atoms with Gasteiger partial charge in [0.2, 0.25) is 0 Å². The Bertz CT molecular complexity index is 407. The van der Waals surface area contributed by atoms with Crippen molar-refractivity contribution >= 4 is 0 Å². The Kier molecular flexibility index (Phi) is 5.62. The van der Waals surface area contributed by atoms with E-state index in [2.05, 4.69) is 4.74 Å². The molecular formula is C13H18F3NO2.